The van der Waals surface area contributed by atoms with Crippen LogP contribution >= 0.6 is 15.9 Å². The van der Waals surface area contributed by atoms with E-state index in [0.29, 0.717) is 12.1 Å². The SMILES string of the molecule is Cc1cc(CN2CCC(N)C2C)ccc1Br. The first-order valence-electron chi connectivity index (χ1n) is 5.82. The van der Waals surface area contributed by atoms with Crippen LogP contribution in [0.4, 0.5) is 0 Å². The molecule has 0 aliphatic carbocycles. The van der Waals surface area contributed by atoms with Crippen LogP contribution in [-0.4, -0.2) is 23.5 Å². The molecule has 0 saturated carbocycles. The quantitative estimate of drug-likeness (QED) is 0.904. The molecule has 2 rings (SSSR count). The van der Waals surface area contributed by atoms with Crippen molar-refractivity contribution in [3.8, 4) is 0 Å². The molecule has 1 saturated heterocycles. The van der Waals surface area contributed by atoms with Gasteiger partial charge in [-0.2, -0.15) is 0 Å². The van der Waals surface area contributed by atoms with Crippen LogP contribution in [0.1, 0.15) is 24.5 Å². The number of nitrogens with two attached hydrogens (primary N) is 1. The standard InChI is InChI=1S/C13H19BrN2/c1-9-7-11(3-4-12(9)14)8-16-6-5-13(15)10(16)2/h3-4,7,10,13H,5-6,8,15H2,1-2H3. The van der Waals surface area contributed by atoms with E-state index in [1.807, 2.05) is 0 Å². The first kappa shape index (κ1) is 12.1. The minimum atomic E-state index is 0.344. The molecule has 2 N–H and O–H groups in total. The van der Waals surface area contributed by atoms with E-state index in [9.17, 15) is 0 Å². The highest BCUT2D eigenvalue weighted by molar-refractivity contribution is 9.10. The Labute approximate surface area is 106 Å². The molecule has 2 nitrogen and oxygen atoms in total. The van der Waals surface area contributed by atoms with Crippen molar-refractivity contribution in [1.29, 1.82) is 0 Å². The summed E-state index contributed by atoms with van der Waals surface area (Å²) in [6, 6.07) is 7.42. The van der Waals surface area contributed by atoms with E-state index in [1.165, 1.54) is 15.6 Å². The van der Waals surface area contributed by atoms with Crippen molar-refractivity contribution >= 4 is 15.9 Å². The van der Waals surface area contributed by atoms with Gasteiger partial charge in [0.2, 0.25) is 0 Å². The summed E-state index contributed by atoms with van der Waals surface area (Å²) in [5, 5.41) is 0. The Morgan fingerprint density at radius 1 is 1.50 bits per heavy atom. The van der Waals surface area contributed by atoms with Crippen molar-refractivity contribution in [1.82, 2.24) is 4.90 Å². The Bertz CT molecular complexity index is 378. The summed E-state index contributed by atoms with van der Waals surface area (Å²) in [5.41, 5.74) is 8.70. The molecule has 3 heteroatoms. The fourth-order valence-corrected chi connectivity index (χ4v) is 2.54. The molecular formula is C13H19BrN2. The predicted molar refractivity (Wildman–Crippen MR) is 71.3 cm³/mol. The molecular weight excluding hydrogens is 264 g/mol. The van der Waals surface area contributed by atoms with E-state index in [0.717, 1.165) is 19.5 Å². The average molecular weight is 283 g/mol. The fraction of sp³-hybridized carbons (Fsp3) is 0.538. The smallest absolute Gasteiger partial charge is 0.0237 e. The van der Waals surface area contributed by atoms with Gasteiger partial charge in [-0.3, -0.25) is 4.90 Å². The normalized spacial score (nSPS) is 26.2. The number of halogens is 1. The van der Waals surface area contributed by atoms with Crippen molar-refractivity contribution in [3.05, 3.63) is 33.8 Å². The maximum Gasteiger partial charge on any atom is 0.0237 e. The third-order valence-corrected chi connectivity index (χ3v) is 4.44. The van der Waals surface area contributed by atoms with E-state index >= 15 is 0 Å². The van der Waals surface area contributed by atoms with E-state index in [2.05, 4.69) is 52.9 Å². The zero-order chi connectivity index (χ0) is 11.7. The first-order valence-corrected chi connectivity index (χ1v) is 6.62. The molecule has 1 aliphatic heterocycles. The minimum Gasteiger partial charge on any atom is -0.326 e. The Morgan fingerprint density at radius 3 is 2.81 bits per heavy atom. The van der Waals surface area contributed by atoms with Gasteiger partial charge in [0.1, 0.15) is 0 Å². The van der Waals surface area contributed by atoms with E-state index in [-0.39, 0.29) is 0 Å². The zero-order valence-electron chi connectivity index (χ0n) is 9.91. The summed E-state index contributed by atoms with van der Waals surface area (Å²) in [4.78, 5) is 2.47. The third kappa shape index (κ3) is 2.47. The largest absolute Gasteiger partial charge is 0.326 e. The number of benzene rings is 1. The number of hydrogen-bond acceptors (Lipinski definition) is 2. The van der Waals surface area contributed by atoms with Crippen molar-refractivity contribution in [2.75, 3.05) is 6.54 Å². The van der Waals surface area contributed by atoms with Crippen molar-refractivity contribution < 1.29 is 0 Å². The summed E-state index contributed by atoms with van der Waals surface area (Å²) in [6.07, 6.45) is 1.12. The van der Waals surface area contributed by atoms with Crippen molar-refractivity contribution in [2.45, 2.75) is 38.9 Å². The van der Waals surface area contributed by atoms with Crippen LogP contribution in [0.5, 0.6) is 0 Å². The highest BCUT2D eigenvalue weighted by Crippen LogP contribution is 2.22. The van der Waals surface area contributed by atoms with Gasteiger partial charge in [0.05, 0.1) is 0 Å². The highest BCUT2D eigenvalue weighted by atomic mass is 79.9. The molecule has 1 aromatic rings. The van der Waals surface area contributed by atoms with Crippen LogP contribution in [0, 0.1) is 6.92 Å². The zero-order valence-corrected chi connectivity index (χ0v) is 11.5. The highest BCUT2D eigenvalue weighted by Gasteiger charge is 2.27. The number of likely N-dealkylation sites (tertiary alicyclic amines) is 1. The lowest BCUT2D eigenvalue weighted by Crippen LogP contribution is -2.36. The molecule has 2 unspecified atom stereocenters. The maximum absolute atomic E-state index is 6.03. The van der Waals surface area contributed by atoms with Gasteiger partial charge in [-0.05, 0) is 37.5 Å². The molecule has 0 aromatic heterocycles. The Balaban J connectivity index is 2.07. The average Bonchev–Trinajstić information content (AvgIpc) is 2.55. The van der Waals surface area contributed by atoms with Crippen molar-refractivity contribution in [2.24, 2.45) is 5.73 Å². The molecule has 1 heterocycles. The van der Waals surface area contributed by atoms with Gasteiger partial charge in [0.25, 0.3) is 0 Å². The number of nitrogens with zero attached hydrogens (tertiary/aromatic N) is 1. The van der Waals surface area contributed by atoms with Gasteiger partial charge in [0.15, 0.2) is 0 Å². The second kappa shape index (κ2) is 4.86. The molecule has 1 fully saturated rings. The molecule has 0 bridgehead atoms. The summed E-state index contributed by atoms with van der Waals surface area (Å²) in [7, 11) is 0. The number of aryl methyl sites for hydroxylation is 1. The second-order valence-electron chi connectivity index (χ2n) is 4.75. The molecule has 0 amide bonds. The van der Waals surface area contributed by atoms with Gasteiger partial charge >= 0.3 is 0 Å². The van der Waals surface area contributed by atoms with Gasteiger partial charge in [-0.25, -0.2) is 0 Å². The first-order chi connectivity index (χ1) is 7.58. The molecule has 1 aliphatic rings. The fourth-order valence-electron chi connectivity index (χ4n) is 2.29. The van der Waals surface area contributed by atoms with Crippen LogP contribution in [0.3, 0.4) is 0 Å². The van der Waals surface area contributed by atoms with E-state index < -0.39 is 0 Å². The summed E-state index contributed by atoms with van der Waals surface area (Å²) < 4.78 is 1.18. The Morgan fingerprint density at radius 2 is 2.25 bits per heavy atom. The van der Waals surface area contributed by atoms with Gasteiger partial charge in [-0.15, -0.1) is 0 Å². The lowest BCUT2D eigenvalue weighted by atomic mass is 10.1. The molecule has 1 aromatic carbocycles. The molecule has 16 heavy (non-hydrogen) atoms. The topological polar surface area (TPSA) is 29.3 Å². The number of hydrogen-bond donors (Lipinski definition) is 1. The summed E-state index contributed by atoms with van der Waals surface area (Å²) in [5.74, 6) is 0. The molecule has 0 radical (unpaired) electrons. The predicted octanol–water partition coefficient (Wildman–Crippen LogP) is 2.68. The van der Waals surface area contributed by atoms with Crippen LogP contribution < -0.4 is 5.73 Å². The summed E-state index contributed by atoms with van der Waals surface area (Å²) in [6.45, 7) is 6.50. The second-order valence-corrected chi connectivity index (χ2v) is 5.60. The summed E-state index contributed by atoms with van der Waals surface area (Å²) >= 11 is 3.53. The van der Waals surface area contributed by atoms with Gasteiger partial charge < -0.3 is 5.73 Å². The minimum absolute atomic E-state index is 0.344. The van der Waals surface area contributed by atoms with Gasteiger partial charge in [-0.1, -0.05) is 28.1 Å². The Kier molecular flexibility index (Phi) is 3.67. The maximum atomic E-state index is 6.03. The van der Waals surface area contributed by atoms with E-state index in [4.69, 9.17) is 5.73 Å². The monoisotopic (exact) mass is 282 g/mol. The number of rotatable bonds is 2. The Hall–Kier alpha value is -0.380. The molecule has 0 spiro atoms. The third-order valence-electron chi connectivity index (χ3n) is 3.55. The van der Waals surface area contributed by atoms with Crippen LogP contribution in [-0.2, 0) is 6.54 Å². The lowest BCUT2D eigenvalue weighted by molar-refractivity contribution is 0.251. The van der Waals surface area contributed by atoms with Crippen LogP contribution in [0.15, 0.2) is 22.7 Å². The lowest BCUT2D eigenvalue weighted by Gasteiger charge is -2.23. The van der Waals surface area contributed by atoms with Gasteiger partial charge in [0, 0.05) is 29.6 Å². The van der Waals surface area contributed by atoms with E-state index in [1.54, 1.807) is 0 Å². The van der Waals surface area contributed by atoms with Crippen LogP contribution in [0.25, 0.3) is 0 Å². The molecule has 88 valence electrons. The van der Waals surface area contributed by atoms with Crippen LogP contribution in [0.2, 0.25) is 0 Å². The van der Waals surface area contributed by atoms with Crippen molar-refractivity contribution in [3.63, 3.8) is 0 Å². The molecule has 2 atom stereocenters.